The minimum atomic E-state index is 0. The summed E-state index contributed by atoms with van der Waals surface area (Å²) in [4.78, 5) is 2.01. The van der Waals surface area contributed by atoms with Gasteiger partial charge in [-0.2, -0.15) is 4.57 Å². The SMILES string of the molecule is CN(C)COc1ccc2c(-c3ccccc3)c3ccccc3[n+](C)c2c1.[Br-]. The first kappa shape index (κ1) is 19.3. The van der Waals surface area contributed by atoms with Crippen LogP contribution in [0.2, 0.25) is 0 Å². The Kier molecular flexibility index (Phi) is 5.78. The molecule has 3 aromatic carbocycles. The van der Waals surface area contributed by atoms with E-state index < -0.39 is 0 Å². The molecule has 0 aliphatic carbocycles. The average molecular weight is 423 g/mol. The minimum Gasteiger partial charge on any atom is -1.00 e. The van der Waals surface area contributed by atoms with E-state index >= 15 is 0 Å². The van der Waals surface area contributed by atoms with Crippen LogP contribution in [0.15, 0.2) is 72.8 Å². The smallest absolute Gasteiger partial charge is 0.217 e. The lowest BCUT2D eigenvalue weighted by Gasteiger charge is -2.14. The summed E-state index contributed by atoms with van der Waals surface area (Å²) in [6, 6.07) is 25.6. The number of hydrogen-bond donors (Lipinski definition) is 0. The van der Waals surface area contributed by atoms with Crippen molar-refractivity contribution in [3.8, 4) is 16.9 Å². The number of pyridine rings is 1. The maximum Gasteiger partial charge on any atom is 0.217 e. The topological polar surface area (TPSA) is 16.4 Å². The number of benzene rings is 3. The number of halogens is 1. The third kappa shape index (κ3) is 3.68. The first-order valence-electron chi connectivity index (χ1n) is 8.82. The highest BCUT2D eigenvalue weighted by Gasteiger charge is 2.19. The fourth-order valence-electron chi connectivity index (χ4n) is 3.46. The first-order valence-corrected chi connectivity index (χ1v) is 8.82. The van der Waals surface area contributed by atoms with Crippen LogP contribution in [0.5, 0.6) is 5.75 Å². The maximum atomic E-state index is 5.90. The van der Waals surface area contributed by atoms with E-state index in [2.05, 4.69) is 84.4 Å². The van der Waals surface area contributed by atoms with Crippen molar-refractivity contribution in [1.29, 1.82) is 0 Å². The molecule has 0 spiro atoms. The van der Waals surface area contributed by atoms with Gasteiger partial charge in [0.15, 0.2) is 0 Å². The third-order valence-electron chi connectivity index (χ3n) is 4.69. The second-order valence-electron chi connectivity index (χ2n) is 6.85. The third-order valence-corrected chi connectivity index (χ3v) is 4.69. The zero-order valence-corrected chi connectivity index (χ0v) is 17.4. The van der Waals surface area contributed by atoms with E-state index in [0.717, 1.165) is 5.75 Å². The monoisotopic (exact) mass is 422 g/mol. The van der Waals surface area contributed by atoms with Gasteiger partial charge in [-0.1, -0.05) is 42.5 Å². The molecule has 0 aliphatic rings. The van der Waals surface area contributed by atoms with Crippen molar-refractivity contribution in [3.05, 3.63) is 72.8 Å². The van der Waals surface area contributed by atoms with Crippen molar-refractivity contribution in [3.63, 3.8) is 0 Å². The van der Waals surface area contributed by atoms with Crippen LogP contribution in [0.3, 0.4) is 0 Å². The summed E-state index contributed by atoms with van der Waals surface area (Å²) >= 11 is 0. The second-order valence-corrected chi connectivity index (χ2v) is 6.85. The summed E-state index contributed by atoms with van der Waals surface area (Å²) in [7, 11) is 6.12. The quantitative estimate of drug-likeness (QED) is 0.280. The fourth-order valence-corrected chi connectivity index (χ4v) is 3.46. The van der Waals surface area contributed by atoms with Crippen molar-refractivity contribution in [2.24, 2.45) is 7.05 Å². The van der Waals surface area contributed by atoms with Gasteiger partial charge in [-0.3, -0.25) is 4.90 Å². The Hall–Kier alpha value is -2.43. The van der Waals surface area contributed by atoms with Crippen LogP contribution < -0.4 is 26.3 Å². The number of rotatable bonds is 4. The Morgan fingerprint density at radius 3 is 2.22 bits per heavy atom. The van der Waals surface area contributed by atoms with E-state index in [0.29, 0.717) is 6.73 Å². The summed E-state index contributed by atoms with van der Waals surface area (Å²) in [5.74, 6) is 0.885. The molecule has 138 valence electrons. The van der Waals surface area contributed by atoms with Crippen LogP contribution in [-0.4, -0.2) is 25.7 Å². The Bertz CT molecular complexity index is 1080. The molecule has 4 heteroatoms. The molecule has 3 nitrogen and oxygen atoms in total. The fraction of sp³-hybridized carbons (Fsp3) is 0.174. The van der Waals surface area contributed by atoms with Crippen LogP contribution in [0, 0.1) is 0 Å². The number of nitrogens with zero attached hydrogens (tertiary/aromatic N) is 2. The Balaban J connectivity index is 0.00000210. The number of aromatic nitrogens is 1. The lowest BCUT2D eigenvalue weighted by molar-refractivity contribution is -0.617. The van der Waals surface area contributed by atoms with E-state index in [1.54, 1.807) is 0 Å². The predicted octanol–water partition coefficient (Wildman–Crippen LogP) is 1.39. The van der Waals surface area contributed by atoms with Crippen LogP contribution in [0.1, 0.15) is 0 Å². The molecule has 4 aromatic rings. The van der Waals surface area contributed by atoms with E-state index in [9.17, 15) is 0 Å². The molecule has 0 bridgehead atoms. The standard InChI is InChI=1S/C23H23N2O.BrH/c1-24(2)16-26-18-13-14-20-22(15-18)25(3)21-12-8-7-11-19(21)23(20)17-9-5-4-6-10-17;/h4-15H,16H2,1-3H3;1H/q+1;/p-1. The van der Waals surface area contributed by atoms with Crippen molar-refractivity contribution in [2.75, 3.05) is 20.8 Å². The Labute approximate surface area is 170 Å². The number of ether oxygens (including phenoxy) is 1. The highest BCUT2D eigenvalue weighted by atomic mass is 79.9. The maximum absolute atomic E-state index is 5.90. The molecule has 27 heavy (non-hydrogen) atoms. The van der Waals surface area contributed by atoms with Gasteiger partial charge < -0.3 is 21.7 Å². The molecular weight excluding hydrogens is 400 g/mol. The molecule has 0 radical (unpaired) electrons. The van der Waals surface area contributed by atoms with E-state index in [1.165, 1.54) is 32.9 Å². The Morgan fingerprint density at radius 2 is 1.48 bits per heavy atom. The molecule has 4 rings (SSSR count). The van der Waals surface area contributed by atoms with Gasteiger partial charge in [0.25, 0.3) is 0 Å². The van der Waals surface area contributed by atoms with Gasteiger partial charge in [0.2, 0.25) is 11.0 Å². The van der Waals surface area contributed by atoms with Crippen LogP contribution in [-0.2, 0) is 7.05 Å². The zero-order valence-electron chi connectivity index (χ0n) is 15.8. The zero-order chi connectivity index (χ0) is 18.1. The summed E-state index contributed by atoms with van der Waals surface area (Å²) < 4.78 is 8.15. The molecule has 0 unspecified atom stereocenters. The van der Waals surface area contributed by atoms with Gasteiger partial charge in [0.05, 0.1) is 16.8 Å². The molecule has 0 N–H and O–H groups in total. The normalized spacial score (nSPS) is 11.0. The van der Waals surface area contributed by atoms with Crippen LogP contribution in [0.4, 0.5) is 0 Å². The Morgan fingerprint density at radius 1 is 0.815 bits per heavy atom. The molecular formula is C23H23BrN2O. The van der Waals surface area contributed by atoms with Gasteiger partial charge in [-0.25, -0.2) is 0 Å². The van der Waals surface area contributed by atoms with Gasteiger partial charge >= 0.3 is 0 Å². The molecule has 1 heterocycles. The summed E-state index contributed by atoms with van der Waals surface area (Å²) in [5.41, 5.74) is 4.88. The number of hydrogen-bond acceptors (Lipinski definition) is 2. The van der Waals surface area contributed by atoms with E-state index in [-0.39, 0.29) is 17.0 Å². The number of para-hydroxylation sites is 1. The van der Waals surface area contributed by atoms with E-state index in [4.69, 9.17) is 4.74 Å². The first-order chi connectivity index (χ1) is 12.6. The average Bonchev–Trinajstić information content (AvgIpc) is 2.67. The number of aryl methyl sites for hydroxylation is 1. The summed E-state index contributed by atoms with van der Waals surface area (Å²) in [5, 5.41) is 2.49. The molecule has 0 fully saturated rings. The molecule has 0 saturated carbocycles. The molecule has 1 aromatic heterocycles. The van der Waals surface area contributed by atoms with Crippen LogP contribution in [0.25, 0.3) is 32.9 Å². The van der Waals surface area contributed by atoms with Crippen molar-refractivity contribution < 1.29 is 26.3 Å². The van der Waals surface area contributed by atoms with Gasteiger partial charge in [-0.15, -0.1) is 0 Å². The number of fused-ring (bicyclic) bond motifs is 2. The lowest BCUT2D eigenvalue weighted by Crippen LogP contribution is -3.00. The second kappa shape index (κ2) is 8.07. The highest BCUT2D eigenvalue weighted by molar-refractivity contribution is 6.07. The van der Waals surface area contributed by atoms with Crippen molar-refractivity contribution in [2.45, 2.75) is 0 Å². The molecule has 0 saturated heterocycles. The molecule has 0 aliphatic heterocycles. The molecule has 0 amide bonds. The van der Waals surface area contributed by atoms with E-state index in [1.807, 2.05) is 19.0 Å². The van der Waals surface area contributed by atoms with Gasteiger partial charge in [0.1, 0.15) is 19.5 Å². The van der Waals surface area contributed by atoms with Gasteiger partial charge in [0, 0.05) is 11.6 Å². The predicted molar refractivity (Wildman–Crippen MR) is 107 cm³/mol. The lowest BCUT2D eigenvalue weighted by atomic mass is 9.96. The minimum absolute atomic E-state index is 0. The van der Waals surface area contributed by atoms with Crippen LogP contribution >= 0.6 is 0 Å². The summed E-state index contributed by atoms with van der Waals surface area (Å²) in [6.45, 7) is 0.564. The molecule has 0 atom stereocenters. The van der Waals surface area contributed by atoms with Crippen molar-refractivity contribution >= 4 is 21.8 Å². The largest absolute Gasteiger partial charge is 1.00 e. The van der Waals surface area contributed by atoms with Crippen molar-refractivity contribution in [1.82, 2.24) is 4.90 Å². The highest BCUT2D eigenvalue weighted by Crippen LogP contribution is 2.34. The van der Waals surface area contributed by atoms with Gasteiger partial charge in [-0.05, 0) is 37.9 Å². The summed E-state index contributed by atoms with van der Waals surface area (Å²) in [6.07, 6.45) is 0.